The minimum atomic E-state index is -0.732. The maximum atomic E-state index is 12.8. The van der Waals surface area contributed by atoms with Crippen molar-refractivity contribution in [1.29, 1.82) is 0 Å². The molecule has 0 radical (unpaired) electrons. The number of isocyanates is 1. The number of halogens is 3. The van der Waals surface area contributed by atoms with E-state index in [1.807, 2.05) is 0 Å². The van der Waals surface area contributed by atoms with E-state index in [1.54, 1.807) is 22.6 Å². The van der Waals surface area contributed by atoms with Gasteiger partial charge in [-0.1, -0.05) is 0 Å². The van der Waals surface area contributed by atoms with E-state index in [-0.39, 0.29) is 9.26 Å². The van der Waals surface area contributed by atoms with Gasteiger partial charge in [-0.3, -0.25) is 0 Å². The van der Waals surface area contributed by atoms with Gasteiger partial charge in [0.15, 0.2) is 5.82 Å². The summed E-state index contributed by atoms with van der Waals surface area (Å²) in [6.45, 7) is 0. The average molecular weight is 281 g/mol. The van der Waals surface area contributed by atoms with Gasteiger partial charge in [0, 0.05) is 0 Å². The first-order chi connectivity index (χ1) is 5.66. The van der Waals surface area contributed by atoms with Crippen LogP contribution < -0.4 is 0 Å². The van der Waals surface area contributed by atoms with Gasteiger partial charge in [-0.25, -0.2) is 13.6 Å². The molecule has 0 fully saturated rings. The standard InChI is InChI=1S/C7H2F2INO/c8-4-1-2-5(9)7(6(4)10)11-3-12/h1-2H. The highest BCUT2D eigenvalue weighted by molar-refractivity contribution is 14.1. The molecule has 5 heteroatoms. The zero-order valence-electron chi connectivity index (χ0n) is 5.64. The summed E-state index contributed by atoms with van der Waals surface area (Å²) in [7, 11) is 0. The van der Waals surface area contributed by atoms with Crippen molar-refractivity contribution in [2.75, 3.05) is 0 Å². The van der Waals surface area contributed by atoms with Gasteiger partial charge in [0.25, 0.3) is 0 Å². The molecule has 0 saturated heterocycles. The van der Waals surface area contributed by atoms with E-state index in [2.05, 4.69) is 4.99 Å². The Bertz CT molecular complexity index is 361. The molecule has 0 spiro atoms. The summed E-state index contributed by atoms with van der Waals surface area (Å²) in [4.78, 5) is 12.8. The van der Waals surface area contributed by atoms with Crippen LogP contribution in [0.2, 0.25) is 0 Å². The highest BCUT2D eigenvalue weighted by Gasteiger charge is 2.09. The highest BCUT2D eigenvalue weighted by Crippen LogP contribution is 2.26. The maximum absolute atomic E-state index is 12.8. The molecule has 0 aliphatic carbocycles. The molecular weight excluding hydrogens is 279 g/mol. The zero-order chi connectivity index (χ0) is 9.14. The van der Waals surface area contributed by atoms with Crippen molar-refractivity contribution in [2.24, 2.45) is 4.99 Å². The monoisotopic (exact) mass is 281 g/mol. The van der Waals surface area contributed by atoms with Gasteiger partial charge >= 0.3 is 0 Å². The van der Waals surface area contributed by atoms with Crippen LogP contribution in [0.1, 0.15) is 0 Å². The predicted octanol–water partition coefficient (Wildman–Crippen LogP) is 2.54. The maximum Gasteiger partial charge on any atom is 0.240 e. The molecule has 0 atom stereocenters. The van der Waals surface area contributed by atoms with Gasteiger partial charge in [0.2, 0.25) is 6.08 Å². The fraction of sp³-hybridized carbons (Fsp3) is 0. The van der Waals surface area contributed by atoms with Crippen molar-refractivity contribution in [2.45, 2.75) is 0 Å². The summed E-state index contributed by atoms with van der Waals surface area (Å²) in [5.41, 5.74) is -0.300. The summed E-state index contributed by atoms with van der Waals surface area (Å²) < 4.78 is 25.5. The molecule has 0 saturated carbocycles. The number of benzene rings is 1. The molecule has 0 aliphatic heterocycles. The third-order valence-electron chi connectivity index (χ3n) is 1.18. The van der Waals surface area contributed by atoms with Crippen molar-refractivity contribution in [3.05, 3.63) is 27.3 Å². The molecule has 1 aromatic rings. The minimum Gasteiger partial charge on any atom is -0.211 e. The molecule has 0 bridgehead atoms. The topological polar surface area (TPSA) is 29.4 Å². The van der Waals surface area contributed by atoms with Crippen LogP contribution in [0.3, 0.4) is 0 Å². The Labute approximate surface area is 80.4 Å². The van der Waals surface area contributed by atoms with E-state index in [1.165, 1.54) is 0 Å². The van der Waals surface area contributed by atoms with Gasteiger partial charge in [0.1, 0.15) is 11.5 Å². The van der Waals surface area contributed by atoms with Gasteiger partial charge in [-0.15, -0.1) is 0 Å². The zero-order valence-corrected chi connectivity index (χ0v) is 7.80. The van der Waals surface area contributed by atoms with Crippen LogP contribution in [0.5, 0.6) is 0 Å². The van der Waals surface area contributed by atoms with Crippen LogP contribution in [0, 0.1) is 15.2 Å². The first-order valence-corrected chi connectivity index (χ1v) is 3.96. The molecule has 0 heterocycles. The van der Waals surface area contributed by atoms with Crippen molar-refractivity contribution >= 4 is 34.4 Å². The quantitative estimate of drug-likeness (QED) is 0.336. The lowest BCUT2D eigenvalue weighted by atomic mass is 10.3. The number of rotatable bonds is 1. The SMILES string of the molecule is O=C=Nc1c(F)ccc(F)c1I. The summed E-state index contributed by atoms with van der Waals surface area (Å²) in [6, 6.07) is 1.88. The minimum absolute atomic E-state index is 0.0176. The summed E-state index contributed by atoms with van der Waals surface area (Å²) in [6.07, 6.45) is 1.16. The van der Waals surface area contributed by atoms with E-state index >= 15 is 0 Å². The number of carbonyl (C=O) groups excluding carboxylic acids is 1. The second kappa shape index (κ2) is 3.73. The first-order valence-electron chi connectivity index (χ1n) is 2.88. The van der Waals surface area contributed by atoms with E-state index in [4.69, 9.17) is 0 Å². The van der Waals surface area contributed by atoms with E-state index in [9.17, 15) is 13.6 Å². The van der Waals surface area contributed by atoms with Crippen LogP contribution in [0.25, 0.3) is 0 Å². The highest BCUT2D eigenvalue weighted by atomic mass is 127. The van der Waals surface area contributed by atoms with Crippen molar-refractivity contribution in [1.82, 2.24) is 0 Å². The Morgan fingerprint density at radius 2 is 1.92 bits per heavy atom. The molecule has 0 aliphatic rings. The Morgan fingerprint density at radius 1 is 1.33 bits per heavy atom. The molecular formula is C7H2F2INO. The Morgan fingerprint density at radius 3 is 2.50 bits per heavy atom. The second-order valence-electron chi connectivity index (χ2n) is 1.89. The summed E-state index contributed by atoms with van der Waals surface area (Å²) in [5.74, 6) is -1.34. The fourth-order valence-corrected chi connectivity index (χ4v) is 1.22. The van der Waals surface area contributed by atoms with Gasteiger partial charge in [-0.2, -0.15) is 4.99 Å². The van der Waals surface area contributed by atoms with Gasteiger partial charge < -0.3 is 0 Å². The predicted molar refractivity (Wildman–Crippen MR) is 46.9 cm³/mol. The van der Waals surface area contributed by atoms with Gasteiger partial charge in [-0.05, 0) is 34.7 Å². The number of aliphatic imine (C=N–C) groups is 1. The lowest BCUT2D eigenvalue weighted by Gasteiger charge is -1.98. The molecule has 0 amide bonds. The van der Waals surface area contributed by atoms with Crippen LogP contribution in [0.15, 0.2) is 17.1 Å². The average Bonchev–Trinajstić information content (AvgIpc) is 2.06. The van der Waals surface area contributed by atoms with Gasteiger partial charge in [0.05, 0.1) is 3.57 Å². The molecule has 62 valence electrons. The van der Waals surface area contributed by atoms with Crippen molar-refractivity contribution in [3.63, 3.8) is 0 Å². The molecule has 1 rings (SSSR count). The van der Waals surface area contributed by atoms with Crippen molar-refractivity contribution < 1.29 is 13.6 Å². The molecule has 12 heavy (non-hydrogen) atoms. The lowest BCUT2D eigenvalue weighted by molar-refractivity contribution is 0.563. The lowest BCUT2D eigenvalue weighted by Crippen LogP contribution is -1.85. The van der Waals surface area contributed by atoms with Crippen LogP contribution in [-0.2, 0) is 4.79 Å². The number of nitrogens with zero attached hydrogens (tertiary/aromatic N) is 1. The largest absolute Gasteiger partial charge is 0.240 e. The summed E-state index contributed by atoms with van der Waals surface area (Å²) >= 11 is 1.57. The Balaban J connectivity index is 3.42. The summed E-state index contributed by atoms with van der Waals surface area (Å²) in [5, 5.41) is 0. The Kier molecular flexibility index (Phi) is 2.88. The van der Waals surface area contributed by atoms with Crippen LogP contribution >= 0.6 is 22.6 Å². The van der Waals surface area contributed by atoms with Crippen molar-refractivity contribution in [3.8, 4) is 0 Å². The Hall–Kier alpha value is -0.810. The normalized spacial score (nSPS) is 9.25. The van der Waals surface area contributed by atoms with Crippen LogP contribution in [0.4, 0.5) is 14.5 Å². The third kappa shape index (κ3) is 1.67. The fourth-order valence-electron chi connectivity index (χ4n) is 0.665. The van der Waals surface area contributed by atoms with E-state index in [0.29, 0.717) is 0 Å². The molecule has 0 aromatic heterocycles. The first kappa shape index (κ1) is 9.28. The second-order valence-corrected chi connectivity index (χ2v) is 2.97. The smallest absolute Gasteiger partial charge is 0.211 e. The molecule has 0 N–H and O–H groups in total. The van der Waals surface area contributed by atoms with Crippen LogP contribution in [-0.4, -0.2) is 6.08 Å². The molecule has 0 unspecified atom stereocenters. The number of hydrogen-bond acceptors (Lipinski definition) is 2. The molecule has 1 aromatic carbocycles. The van der Waals surface area contributed by atoms with E-state index < -0.39 is 11.6 Å². The number of hydrogen-bond donors (Lipinski definition) is 0. The molecule has 2 nitrogen and oxygen atoms in total. The van der Waals surface area contributed by atoms with E-state index in [0.717, 1.165) is 18.2 Å². The third-order valence-corrected chi connectivity index (χ3v) is 2.20.